The number of esters is 8. The van der Waals surface area contributed by atoms with Crippen LogP contribution >= 0.6 is 0 Å². The Morgan fingerprint density at radius 3 is 1.20 bits per heavy atom. The van der Waals surface area contributed by atoms with Crippen LogP contribution in [0.1, 0.15) is 86.1 Å². The summed E-state index contributed by atoms with van der Waals surface area (Å²) in [5.41, 5.74) is -13.6. The second kappa shape index (κ2) is 31.9. The highest BCUT2D eigenvalue weighted by Gasteiger charge is 2.59. The molecule has 0 spiro atoms. The molecule has 10 aromatic carbocycles. The molecule has 130 heavy (non-hydrogen) atoms. The Bertz CT molecular complexity index is 6580. The summed E-state index contributed by atoms with van der Waals surface area (Å²) in [6, 6.07) is 5.49. The third-order valence-electron chi connectivity index (χ3n) is 21.4. The molecule has 2 saturated heterocycles. The first-order valence-corrected chi connectivity index (χ1v) is 36.9. The van der Waals surface area contributed by atoms with E-state index in [9.17, 15) is 162 Å². The lowest BCUT2D eigenvalue weighted by Gasteiger charge is -2.45. The Labute approximate surface area is 717 Å². The zero-order valence-corrected chi connectivity index (χ0v) is 64.3. The van der Waals surface area contributed by atoms with Gasteiger partial charge in [0.25, 0.3) is 0 Å². The van der Waals surface area contributed by atoms with Crippen molar-refractivity contribution in [3.8, 4) is 223 Å². The van der Waals surface area contributed by atoms with Crippen LogP contribution in [0, 0.1) is 11.8 Å². The third-order valence-corrected chi connectivity index (χ3v) is 21.4. The van der Waals surface area contributed by atoms with Crippen molar-refractivity contribution in [1.29, 1.82) is 0 Å². The van der Waals surface area contributed by atoms with Crippen LogP contribution < -0.4 is 14.2 Å². The Hall–Kier alpha value is -18.1. The number of fused-ring (bicyclic) bond motifs is 13. The number of rotatable bonds is 10. The second-order valence-electron chi connectivity index (χ2n) is 29.3. The predicted molar refractivity (Wildman–Crippen MR) is 410 cm³/mol. The van der Waals surface area contributed by atoms with Gasteiger partial charge in [-0.05, 0) is 91.1 Å². The fourth-order valence-corrected chi connectivity index (χ4v) is 15.3. The molecule has 48 nitrogen and oxygen atoms in total. The number of carbonyl (C=O) groups excluding carboxylic acids is 8. The standard InChI is InChI=1S/C82H60O48/c83-27-6-20(7-28(84)52(27)96)74(113)126-71-51-42(17-44(95)120-40-15-37(93)59(103)66(110)49(40)50-41(122-80(51)119)16-38(94)60(104)67(50)111)124-82(73(71)127-75(114)21-8-29(85)53(97)30(86)9-21)129-76(115)22-10-31(87)54(98)43(11-22)121-69-26(14-36(92)61(105)68(69)112)79(118)130-81-72-70(125-77(116)24-12-34(90)57(101)64(108)47(24)48-25(78(117)128-72)13-35(91)58(102)65(48)109)23-3-19-5-33(89)56(100)63(107)46(19)45-18(1-2-39(23)123-81)4-32(88)55(99)62(45)106/h4-16,23,39,42,51,70-73,81-94,96-112H,1-3,17H2. The van der Waals surface area contributed by atoms with Crippen LogP contribution in [-0.2, 0) is 60.3 Å². The molecule has 10 atom stereocenters. The molecular formula is C82H60O48. The van der Waals surface area contributed by atoms with Crippen LogP contribution in [0.3, 0.4) is 0 Å². The maximum Gasteiger partial charge on any atom is 0.344 e. The zero-order valence-electron chi connectivity index (χ0n) is 64.3. The predicted octanol–water partition coefficient (Wildman–Crippen LogP) is 5.26. The topological polar surface area (TPSA) is 825 Å². The quantitative estimate of drug-likeness (QED) is 0.0359. The van der Waals surface area contributed by atoms with Crippen molar-refractivity contribution in [2.45, 2.75) is 74.9 Å². The Kier molecular flexibility index (Phi) is 21.3. The normalized spacial score (nSPS) is 19.8. The van der Waals surface area contributed by atoms with Gasteiger partial charge in [-0.3, -0.25) is 9.59 Å². The number of phenolic OH excluding ortho intramolecular Hbond substituents is 29. The van der Waals surface area contributed by atoms with E-state index in [1.165, 1.54) is 0 Å². The fourth-order valence-electron chi connectivity index (χ4n) is 15.3. The molecule has 1 aliphatic carbocycles. The van der Waals surface area contributed by atoms with Gasteiger partial charge in [0.05, 0.1) is 57.6 Å². The van der Waals surface area contributed by atoms with Crippen LogP contribution in [0.5, 0.6) is 190 Å². The molecule has 4 aliphatic heterocycles. The number of benzene rings is 10. The Balaban J connectivity index is 0.837. The van der Waals surface area contributed by atoms with Crippen molar-refractivity contribution in [3.05, 3.63) is 123 Å². The molecule has 0 aromatic heterocycles. The molecule has 0 amide bonds. The zero-order chi connectivity index (χ0) is 94.3. The summed E-state index contributed by atoms with van der Waals surface area (Å²) >= 11 is 0. The molecule has 10 unspecified atom stereocenters. The summed E-state index contributed by atoms with van der Waals surface area (Å²) in [6.07, 6.45) is -24.6. The highest BCUT2D eigenvalue weighted by molar-refractivity contribution is 6.09. The molecule has 0 saturated carbocycles. The lowest BCUT2D eigenvalue weighted by molar-refractivity contribution is -0.267. The second-order valence-corrected chi connectivity index (χ2v) is 29.3. The van der Waals surface area contributed by atoms with Gasteiger partial charge in [0, 0.05) is 46.4 Å². The van der Waals surface area contributed by atoms with Gasteiger partial charge in [0.15, 0.2) is 139 Å². The number of hydrogen-bond donors (Lipinski definition) is 29. The first-order valence-electron chi connectivity index (χ1n) is 36.9. The van der Waals surface area contributed by atoms with Gasteiger partial charge in [-0.1, -0.05) is 0 Å². The van der Waals surface area contributed by atoms with E-state index in [0.29, 0.717) is 60.7 Å². The maximum atomic E-state index is 15.4. The minimum atomic E-state index is -3.00. The molecule has 2 fully saturated rings. The fraction of sp³-hybridized carbons (Fsp3) is 0.171. The molecule has 0 radical (unpaired) electrons. The lowest BCUT2D eigenvalue weighted by Crippen LogP contribution is -2.61. The smallest absolute Gasteiger partial charge is 0.344 e. The van der Waals surface area contributed by atoms with Gasteiger partial charge in [0.1, 0.15) is 23.0 Å². The maximum absolute atomic E-state index is 15.4. The summed E-state index contributed by atoms with van der Waals surface area (Å²) in [4.78, 5) is 120. The number of aryl methyl sites for hydroxylation is 1. The molecule has 5 aliphatic rings. The van der Waals surface area contributed by atoms with E-state index in [-0.39, 0.29) is 11.6 Å². The summed E-state index contributed by atoms with van der Waals surface area (Å²) in [5, 5.41) is 319. The van der Waals surface area contributed by atoms with Crippen molar-refractivity contribution in [2.24, 2.45) is 11.8 Å². The van der Waals surface area contributed by atoms with Crippen molar-refractivity contribution in [1.82, 2.24) is 0 Å². The van der Waals surface area contributed by atoms with Crippen molar-refractivity contribution >= 4 is 47.8 Å². The molecule has 676 valence electrons. The molecule has 0 bridgehead atoms. The molecule has 29 N–H and O–H groups in total. The number of carbonyl (C=O) groups is 8. The number of aromatic hydroxyl groups is 29. The minimum absolute atomic E-state index is 0.216. The highest BCUT2D eigenvalue weighted by atomic mass is 16.7. The van der Waals surface area contributed by atoms with Gasteiger partial charge < -0.3 is 200 Å². The van der Waals surface area contributed by atoms with Gasteiger partial charge >= 0.3 is 47.8 Å². The van der Waals surface area contributed by atoms with E-state index in [1.54, 1.807) is 0 Å². The van der Waals surface area contributed by atoms with E-state index >= 15 is 24.0 Å². The largest absolute Gasteiger partial charge is 0.504 e. The van der Waals surface area contributed by atoms with Crippen LogP contribution in [0.25, 0.3) is 33.4 Å². The SMILES string of the molecule is O=C1CC2OC(OC(=O)c3cc(O)c(O)c(Oc4c(C(=O)OC5OC6CCc7cc(O)c(O)c(O)c7-c7c(cc(O)c(O)c7O)CC6C6OC(=O)c7cc(O)c(O)c(O)c7-c7c(cc(O)c(O)c7O)C(=O)OC56)cc(O)c(O)c4O)c3)C(OC(=O)c3cc(O)c(O)c(O)c3)C(OC(=O)c3cc(O)c(O)c(O)c3)C2C(=O)Oc2cc(O)c(O)c(O)c2-c2c(cc(O)c(O)c2O)O1. The van der Waals surface area contributed by atoms with E-state index in [2.05, 4.69) is 0 Å². The molecule has 10 aromatic rings. The van der Waals surface area contributed by atoms with Crippen LogP contribution in [0.15, 0.2) is 78.9 Å². The molecule has 4 heterocycles. The van der Waals surface area contributed by atoms with Gasteiger partial charge in [-0.15, -0.1) is 0 Å². The Morgan fingerprint density at radius 2 is 0.692 bits per heavy atom. The molecule has 48 heteroatoms. The monoisotopic (exact) mass is 1810 g/mol. The van der Waals surface area contributed by atoms with Crippen molar-refractivity contribution in [3.63, 3.8) is 0 Å². The third kappa shape index (κ3) is 14.6. The number of ether oxygens (including phenoxy) is 11. The van der Waals surface area contributed by atoms with Crippen LogP contribution in [0.4, 0.5) is 0 Å². The van der Waals surface area contributed by atoms with Crippen LogP contribution in [-0.4, -0.2) is 245 Å². The lowest BCUT2D eigenvalue weighted by atomic mass is 9.81. The van der Waals surface area contributed by atoms with Gasteiger partial charge in [-0.2, -0.15) is 0 Å². The van der Waals surface area contributed by atoms with Crippen molar-refractivity contribution in [2.75, 3.05) is 0 Å². The van der Waals surface area contributed by atoms with E-state index < -0.39 is 397 Å². The first kappa shape index (κ1) is 86.8. The number of hydrogen-bond acceptors (Lipinski definition) is 48. The highest BCUT2D eigenvalue weighted by Crippen LogP contribution is 2.61. The molecule has 15 rings (SSSR count). The molecular weight excluding hydrogens is 1750 g/mol. The summed E-state index contributed by atoms with van der Waals surface area (Å²) in [6.45, 7) is 0. The average Bonchev–Trinajstić information content (AvgIpc) is 1.09. The van der Waals surface area contributed by atoms with E-state index in [1.807, 2.05) is 0 Å². The number of phenols is 29. The van der Waals surface area contributed by atoms with E-state index in [0.717, 1.165) is 12.1 Å². The minimum Gasteiger partial charge on any atom is -0.504 e. The van der Waals surface area contributed by atoms with Gasteiger partial charge in [-0.25, -0.2) is 28.8 Å². The van der Waals surface area contributed by atoms with E-state index in [4.69, 9.17) is 52.1 Å². The van der Waals surface area contributed by atoms with Crippen LogP contribution in [0.2, 0.25) is 0 Å². The summed E-state index contributed by atoms with van der Waals surface area (Å²) in [5.74, 6) is -65.5. The summed E-state index contributed by atoms with van der Waals surface area (Å²) in [7, 11) is 0. The van der Waals surface area contributed by atoms with Crippen molar-refractivity contribution < 1.29 is 239 Å². The average molecular weight is 1810 g/mol. The first-order chi connectivity index (χ1) is 61.2. The van der Waals surface area contributed by atoms with Gasteiger partial charge in [0.2, 0.25) is 76.5 Å². The Morgan fingerprint density at radius 1 is 0.315 bits per heavy atom. The summed E-state index contributed by atoms with van der Waals surface area (Å²) < 4.78 is 64.3.